The SMILES string of the molecule is CC1(NC2CCC2)CCCC1. The van der Waals surface area contributed by atoms with Gasteiger partial charge < -0.3 is 5.32 Å². The molecule has 0 radical (unpaired) electrons. The maximum absolute atomic E-state index is 3.79. The van der Waals surface area contributed by atoms with E-state index in [-0.39, 0.29) is 0 Å². The van der Waals surface area contributed by atoms with Gasteiger partial charge in [0.05, 0.1) is 0 Å². The lowest BCUT2D eigenvalue weighted by Crippen LogP contribution is -2.48. The normalized spacial score (nSPS) is 30.3. The van der Waals surface area contributed by atoms with Gasteiger partial charge in [-0.2, -0.15) is 0 Å². The summed E-state index contributed by atoms with van der Waals surface area (Å²) in [4.78, 5) is 0. The lowest BCUT2D eigenvalue weighted by molar-refractivity contribution is 0.241. The van der Waals surface area contributed by atoms with Crippen LogP contribution in [-0.4, -0.2) is 11.6 Å². The molecule has 2 fully saturated rings. The molecule has 2 saturated carbocycles. The van der Waals surface area contributed by atoms with Crippen molar-refractivity contribution in [3.05, 3.63) is 0 Å². The average Bonchev–Trinajstić information content (AvgIpc) is 2.29. The molecule has 2 rings (SSSR count). The Hall–Kier alpha value is -0.0400. The summed E-state index contributed by atoms with van der Waals surface area (Å²) in [5.74, 6) is 0. The van der Waals surface area contributed by atoms with Gasteiger partial charge in [0.25, 0.3) is 0 Å². The maximum atomic E-state index is 3.79. The minimum atomic E-state index is 0.519. The molecule has 0 saturated heterocycles. The molecule has 0 aromatic heterocycles. The smallest absolute Gasteiger partial charge is 0.0155 e. The highest BCUT2D eigenvalue weighted by molar-refractivity contribution is 4.92. The summed E-state index contributed by atoms with van der Waals surface area (Å²) >= 11 is 0. The van der Waals surface area contributed by atoms with Crippen molar-refractivity contribution in [1.29, 1.82) is 0 Å². The van der Waals surface area contributed by atoms with Crippen molar-refractivity contribution < 1.29 is 0 Å². The highest BCUT2D eigenvalue weighted by Gasteiger charge is 2.32. The second-order valence-corrected chi connectivity index (χ2v) is 4.54. The zero-order chi connectivity index (χ0) is 7.73. The molecule has 1 nitrogen and oxygen atoms in total. The Morgan fingerprint density at radius 1 is 1.09 bits per heavy atom. The predicted molar refractivity (Wildman–Crippen MR) is 47.6 cm³/mol. The summed E-state index contributed by atoms with van der Waals surface area (Å²) in [6.45, 7) is 2.40. The minimum Gasteiger partial charge on any atom is -0.309 e. The van der Waals surface area contributed by atoms with Gasteiger partial charge >= 0.3 is 0 Å². The summed E-state index contributed by atoms with van der Waals surface area (Å²) in [7, 11) is 0. The highest BCUT2D eigenvalue weighted by atomic mass is 15.0. The second kappa shape index (κ2) is 2.78. The van der Waals surface area contributed by atoms with Crippen LogP contribution in [0.25, 0.3) is 0 Å². The molecule has 2 aliphatic carbocycles. The molecule has 0 amide bonds. The number of rotatable bonds is 2. The second-order valence-electron chi connectivity index (χ2n) is 4.54. The first kappa shape index (κ1) is 7.60. The molecule has 1 N–H and O–H groups in total. The lowest BCUT2D eigenvalue weighted by atomic mass is 9.89. The van der Waals surface area contributed by atoms with Crippen molar-refractivity contribution in [2.45, 2.75) is 63.5 Å². The first-order chi connectivity index (χ1) is 5.29. The maximum Gasteiger partial charge on any atom is 0.0155 e. The van der Waals surface area contributed by atoms with E-state index in [1.807, 2.05) is 0 Å². The van der Waals surface area contributed by atoms with Crippen molar-refractivity contribution in [3.8, 4) is 0 Å². The largest absolute Gasteiger partial charge is 0.309 e. The van der Waals surface area contributed by atoms with E-state index in [9.17, 15) is 0 Å². The van der Waals surface area contributed by atoms with E-state index in [0.29, 0.717) is 5.54 Å². The van der Waals surface area contributed by atoms with Crippen molar-refractivity contribution >= 4 is 0 Å². The van der Waals surface area contributed by atoms with Crippen LogP contribution in [0.1, 0.15) is 51.9 Å². The van der Waals surface area contributed by atoms with Crippen LogP contribution >= 0.6 is 0 Å². The van der Waals surface area contributed by atoms with Crippen LogP contribution < -0.4 is 5.32 Å². The van der Waals surface area contributed by atoms with Crippen LogP contribution in [0.5, 0.6) is 0 Å². The van der Waals surface area contributed by atoms with E-state index in [4.69, 9.17) is 0 Å². The van der Waals surface area contributed by atoms with E-state index in [0.717, 1.165) is 6.04 Å². The molecule has 0 unspecified atom stereocenters. The molecule has 0 aliphatic heterocycles. The zero-order valence-corrected chi connectivity index (χ0v) is 7.53. The fourth-order valence-electron chi connectivity index (χ4n) is 2.35. The molecule has 0 aromatic rings. The van der Waals surface area contributed by atoms with Crippen molar-refractivity contribution in [1.82, 2.24) is 5.32 Å². The number of nitrogens with one attached hydrogen (secondary N) is 1. The molecule has 0 heterocycles. The van der Waals surface area contributed by atoms with Crippen molar-refractivity contribution in [2.24, 2.45) is 0 Å². The Labute approximate surface area is 69.6 Å². The molecular weight excluding hydrogens is 134 g/mol. The van der Waals surface area contributed by atoms with Crippen LogP contribution in [0.4, 0.5) is 0 Å². The molecule has 1 heteroatoms. The van der Waals surface area contributed by atoms with Gasteiger partial charge in [0.1, 0.15) is 0 Å². The Morgan fingerprint density at radius 2 is 1.73 bits per heavy atom. The molecule has 64 valence electrons. The van der Waals surface area contributed by atoms with Gasteiger partial charge in [-0.05, 0) is 32.6 Å². The van der Waals surface area contributed by atoms with E-state index in [1.54, 1.807) is 0 Å². The fourth-order valence-corrected chi connectivity index (χ4v) is 2.35. The summed E-state index contributed by atoms with van der Waals surface area (Å²) in [5.41, 5.74) is 0.519. The average molecular weight is 153 g/mol. The third-order valence-corrected chi connectivity index (χ3v) is 3.36. The Kier molecular flexibility index (Phi) is 1.92. The first-order valence-corrected chi connectivity index (χ1v) is 5.06. The van der Waals surface area contributed by atoms with Crippen LogP contribution in [0.3, 0.4) is 0 Å². The first-order valence-electron chi connectivity index (χ1n) is 5.06. The third kappa shape index (κ3) is 1.58. The fraction of sp³-hybridized carbons (Fsp3) is 1.00. The van der Waals surface area contributed by atoms with Crippen molar-refractivity contribution in [2.75, 3.05) is 0 Å². The molecule has 0 atom stereocenters. The predicted octanol–water partition coefficient (Wildman–Crippen LogP) is 2.46. The molecule has 0 spiro atoms. The van der Waals surface area contributed by atoms with Gasteiger partial charge in [0.2, 0.25) is 0 Å². The van der Waals surface area contributed by atoms with Crippen molar-refractivity contribution in [3.63, 3.8) is 0 Å². The molecule has 11 heavy (non-hydrogen) atoms. The summed E-state index contributed by atoms with van der Waals surface area (Å²) in [5, 5.41) is 3.79. The zero-order valence-electron chi connectivity index (χ0n) is 7.53. The topological polar surface area (TPSA) is 12.0 Å². The van der Waals surface area contributed by atoms with Gasteiger partial charge in [-0.3, -0.25) is 0 Å². The molecule has 0 bridgehead atoms. The quantitative estimate of drug-likeness (QED) is 0.642. The number of hydrogen-bond donors (Lipinski definition) is 1. The summed E-state index contributed by atoms with van der Waals surface area (Å²) in [6.07, 6.45) is 10.00. The van der Waals surface area contributed by atoms with Gasteiger partial charge in [0, 0.05) is 11.6 Å². The monoisotopic (exact) mass is 153 g/mol. The van der Waals surface area contributed by atoms with Gasteiger partial charge in [-0.15, -0.1) is 0 Å². The Morgan fingerprint density at radius 3 is 2.18 bits per heavy atom. The van der Waals surface area contributed by atoms with Crippen LogP contribution in [0, 0.1) is 0 Å². The van der Waals surface area contributed by atoms with Crippen LogP contribution in [-0.2, 0) is 0 Å². The summed E-state index contributed by atoms with van der Waals surface area (Å²) < 4.78 is 0. The van der Waals surface area contributed by atoms with Gasteiger partial charge in [-0.25, -0.2) is 0 Å². The molecule has 2 aliphatic rings. The van der Waals surface area contributed by atoms with Gasteiger partial charge in [0.15, 0.2) is 0 Å². The highest BCUT2D eigenvalue weighted by Crippen LogP contribution is 2.32. The van der Waals surface area contributed by atoms with Gasteiger partial charge in [-0.1, -0.05) is 19.3 Å². The minimum absolute atomic E-state index is 0.519. The number of hydrogen-bond acceptors (Lipinski definition) is 1. The van der Waals surface area contributed by atoms with E-state index < -0.39 is 0 Å². The van der Waals surface area contributed by atoms with E-state index in [1.165, 1.54) is 44.9 Å². The Balaban J connectivity index is 1.82. The molecular formula is C10H19N. The Bertz CT molecular complexity index is 132. The van der Waals surface area contributed by atoms with Crippen LogP contribution in [0.15, 0.2) is 0 Å². The lowest BCUT2D eigenvalue weighted by Gasteiger charge is -2.36. The standard InChI is InChI=1S/C10H19N/c1-10(7-2-3-8-10)11-9-5-4-6-9/h9,11H,2-8H2,1H3. The molecule has 0 aromatic carbocycles. The summed E-state index contributed by atoms with van der Waals surface area (Å²) in [6, 6.07) is 0.873. The van der Waals surface area contributed by atoms with E-state index in [2.05, 4.69) is 12.2 Å². The van der Waals surface area contributed by atoms with E-state index >= 15 is 0 Å². The van der Waals surface area contributed by atoms with Crippen LogP contribution in [0.2, 0.25) is 0 Å². The third-order valence-electron chi connectivity index (χ3n) is 3.36.